The van der Waals surface area contributed by atoms with Crippen LogP contribution < -0.4 is 11.1 Å². The second-order valence-corrected chi connectivity index (χ2v) is 5.66. The molecule has 4 nitrogen and oxygen atoms in total. The van der Waals surface area contributed by atoms with Gasteiger partial charge in [0, 0.05) is 18.3 Å². The van der Waals surface area contributed by atoms with Crippen LogP contribution in [-0.4, -0.2) is 10.8 Å². The van der Waals surface area contributed by atoms with Crippen LogP contribution in [0.2, 0.25) is 0 Å². The minimum Gasteiger partial charge on any atom is -0.366 e. The molecule has 0 saturated carbocycles. The molecule has 0 aliphatic heterocycles. The summed E-state index contributed by atoms with van der Waals surface area (Å²) in [5.41, 5.74) is 8.24. The number of carbonyl (C=O) groups excluding carboxylic acids is 1. The molecule has 0 saturated heterocycles. The summed E-state index contributed by atoms with van der Waals surface area (Å²) in [7, 11) is 0. The summed E-state index contributed by atoms with van der Waals surface area (Å²) in [6.07, 6.45) is 1.61. The fourth-order valence-electron chi connectivity index (χ4n) is 2.47. The van der Waals surface area contributed by atoms with Gasteiger partial charge in [-0.15, -0.1) is 0 Å². The number of Topliss-reactive ketones (excluding diaryl/α,β-unsaturated/α-hetero) is 1. The third-order valence-corrected chi connectivity index (χ3v) is 3.87. The Kier molecular flexibility index (Phi) is 5.16. The standard InChI is InChI=1S/C20H18FN3O/c21-17-8-6-15(7-9-17)20(25)19(22)16-10-11-23-18(12-16)24-13-14-4-2-1-3-5-14/h1-12,19H,13,22H2,(H,23,24). The first-order chi connectivity index (χ1) is 12.1. The summed E-state index contributed by atoms with van der Waals surface area (Å²) in [5.74, 6) is -0.00894. The summed E-state index contributed by atoms with van der Waals surface area (Å²) in [6.45, 7) is 0.623. The number of carbonyl (C=O) groups is 1. The van der Waals surface area contributed by atoms with E-state index in [0.717, 1.165) is 5.56 Å². The van der Waals surface area contributed by atoms with E-state index in [9.17, 15) is 9.18 Å². The van der Waals surface area contributed by atoms with Crippen molar-refractivity contribution in [3.05, 3.63) is 95.4 Å². The third-order valence-electron chi connectivity index (χ3n) is 3.87. The molecule has 126 valence electrons. The number of nitrogens with zero attached hydrogens (tertiary/aromatic N) is 1. The Hall–Kier alpha value is -3.05. The molecule has 0 radical (unpaired) electrons. The van der Waals surface area contributed by atoms with E-state index in [1.165, 1.54) is 24.3 Å². The van der Waals surface area contributed by atoms with E-state index in [0.29, 0.717) is 23.5 Å². The fourth-order valence-corrected chi connectivity index (χ4v) is 2.47. The molecule has 0 bridgehead atoms. The van der Waals surface area contributed by atoms with Gasteiger partial charge in [0.05, 0.1) is 6.04 Å². The van der Waals surface area contributed by atoms with Crippen LogP contribution in [0.15, 0.2) is 72.9 Å². The predicted molar refractivity (Wildman–Crippen MR) is 95.7 cm³/mol. The number of nitrogens with two attached hydrogens (primary N) is 1. The zero-order chi connectivity index (χ0) is 17.6. The van der Waals surface area contributed by atoms with Crippen molar-refractivity contribution in [3.63, 3.8) is 0 Å². The lowest BCUT2D eigenvalue weighted by atomic mass is 9.99. The van der Waals surface area contributed by atoms with Crippen LogP contribution in [-0.2, 0) is 6.54 Å². The van der Waals surface area contributed by atoms with Crippen molar-refractivity contribution < 1.29 is 9.18 Å². The minimum absolute atomic E-state index is 0.264. The molecule has 3 N–H and O–H groups in total. The number of nitrogens with one attached hydrogen (secondary N) is 1. The van der Waals surface area contributed by atoms with Gasteiger partial charge in [0.25, 0.3) is 0 Å². The molecule has 0 fully saturated rings. The Morgan fingerprint density at radius 2 is 1.80 bits per heavy atom. The lowest BCUT2D eigenvalue weighted by Gasteiger charge is -2.13. The second kappa shape index (κ2) is 7.68. The van der Waals surface area contributed by atoms with Gasteiger partial charge in [-0.3, -0.25) is 4.79 Å². The molecule has 0 amide bonds. The number of pyridine rings is 1. The highest BCUT2D eigenvalue weighted by Gasteiger charge is 2.18. The first-order valence-corrected chi connectivity index (χ1v) is 7.92. The molecular weight excluding hydrogens is 317 g/mol. The molecule has 3 rings (SSSR count). The number of hydrogen-bond donors (Lipinski definition) is 2. The first kappa shape index (κ1) is 16.8. The minimum atomic E-state index is -0.828. The molecule has 25 heavy (non-hydrogen) atoms. The molecule has 0 spiro atoms. The maximum absolute atomic E-state index is 13.0. The molecule has 1 aromatic heterocycles. The number of rotatable bonds is 6. The largest absolute Gasteiger partial charge is 0.366 e. The van der Waals surface area contributed by atoms with Crippen LogP contribution in [0, 0.1) is 5.82 Å². The van der Waals surface area contributed by atoms with Crippen molar-refractivity contribution in [1.82, 2.24) is 4.98 Å². The lowest BCUT2D eigenvalue weighted by Crippen LogP contribution is -2.21. The normalized spacial score (nSPS) is 11.8. The van der Waals surface area contributed by atoms with Gasteiger partial charge in [-0.1, -0.05) is 30.3 Å². The molecule has 1 unspecified atom stereocenters. The van der Waals surface area contributed by atoms with Crippen LogP contribution in [0.1, 0.15) is 27.5 Å². The lowest BCUT2D eigenvalue weighted by molar-refractivity contribution is 0.0961. The molecule has 5 heteroatoms. The highest BCUT2D eigenvalue weighted by molar-refractivity contribution is 6.00. The van der Waals surface area contributed by atoms with E-state index in [1.54, 1.807) is 18.3 Å². The maximum atomic E-state index is 13.0. The zero-order valence-corrected chi connectivity index (χ0v) is 13.5. The average molecular weight is 335 g/mol. The van der Waals surface area contributed by atoms with Crippen molar-refractivity contribution in [1.29, 1.82) is 0 Å². The van der Waals surface area contributed by atoms with Gasteiger partial charge < -0.3 is 11.1 Å². The van der Waals surface area contributed by atoms with Gasteiger partial charge >= 0.3 is 0 Å². The van der Waals surface area contributed by atoms with E-state index in [-0.39, 0.29) is 11.6 Å². The SMILES string of the molecule is NC(C(=O)c1ccc(F)cc1)c1ccnc(NCc2ccccc2)c1. The summed E-state index contributed by atoms with van der Waals surface area (Å²) in [4.78, 5) is 16.7. The highest BCUT2D eigenvalue weighted by Crippen LogP contribution is 2.19. The number of benzene rings is 2. The molecule has 2 aromatic carbocycles. The third kappa shape index (κ3) is 4.28. The first-order valence-electron chi connectivity index (χ1n) is 7.92. The zero-order valence-electron chi connectivity index (χ0n) is 13.5. The van der Waals surface area contributed by atoms with E-state index in [1.807, 2.05) is 30.3 Å². The molecule has 3 aromatic rings. The monoisotopic (exact) mass is 335 g/mol. The van der Waals surface area contributed by atoms with Crippen molar-refractivity contribution in [2.45, 2.75) is 12.6 Å². The quantitative estimate of drug-likeness (QED) is 0.674. The van der Waals surface area contributed by atoms with Gasteiger partial charge in [-0.25, -0.2) is 9.37 Å². The van der Waals surface area contributed by atoms with E-state index in [4.69, 9.17) is 5.73 Å². The highest BCUT2D eigenvalue weighted by atomic mass is 19.1. The Morgan fingerprint density at radius 3 is 2.52 bits per heavy atom. The molecule has 0 aliphatic rings. The van der Waals surface area contributed by atoms with Crippen LogP contribution in [0.5, 0.6) is 0 Å². The summed E-state index contributed by atoms with van der Waals surface area (Å²) in [5, 5.41) is 3.21. The number of aromatic nitrogens is 1. The summed E-state index contributed by atoms with van der Waals surface area (Å²) < 4.78 is 13.0. The average Bonchev–Trinajstić information content (AvgIpc) is 2.67. The van der Waals surface area contributed by atoms with Crippen LogP contribution in [0.4, 0.5) is 10.2 Å². The van der Waals surface area contributed by atoms with E-state index < -0.39 is 6.04 Å². The topological polar surface area (TPSA) is 68.0 Å². The molecular formula is C20H18FN3O. The van der Waals surface area contributed by atoms with Crippen molar-refractivity contribution in [2.75, 3.05) is 5.32 Å². The molecule has 1 heterocycles. The summed E-state index contributed by atoms with van der Waals surface area (Å²) >= 11 is 0. The van der Waals surface area contributed by atoms with Gasteiger partial charge in [0.15, 0.2) is 5.78 Å². The van der Waals surface area contributed by atoms with Gasteiger partial charge in [-0.2, -0.15) is 0 Å². The Balaban J connectivity index is 1.71. The van der Waals surface area contributed by atoms with Crippen molar-refractivity contribution >= 4 is 11.6 Å². The van der Waals surface area contributed by atoms with Crippen LogP contribution in [0.3, 0.4) is 0 Å². The number of halogens is 1. The van der Waals surface area contributed by atoms with Gasteiger partial charge in [0.2, 0.25) is 0 Å². The van der Waals surface area contributed by atoms with Crippen LogP contribution in [0.25, 0.3) is 0 Å². The number of ketones is 1. The molecule has 0 aliphatic carbocycles. The summed E-state index contributed by atoms with van der Waals surface area (Å²) in [6, 6.07) is 17.9. The Morgan fingerprint density at radius 1 is 1.08 bits per heavy atom. The fraction of sp³-hybridized carbons (Fsp3) is 0.100. The smallest absolute Gasteiger partial charge is 0.184 e. The van der Waals surface area contributed by atoms with E-state index in [2.05, 4.69) is 10.3 Å². The van der Waals surface area contributed by atoms with Gasteiger partial charge in [-0.05, 0) is 47.5 Å². The molecule has 1 atom stereocenters. The Labute approximate surface area is 145 Å². The van der Waals surface area contributed by atoms with Crippen LogP contribution >= 0.6 is 0 Å². The number of hydrogen-bond acceptors (Lipinski definition) is 4. The van der Waals surface area contributed by atoms with E-state index >= 15 is 0 Å². The van der Waals surface area contributed by atoms with Crippen molar-refractivity contribution in [2.24, 2.45) is 5.73 Å². The maximum Gasteiger partial charge on any atom is 0.184 e. The van der Waals surface area contributed by atoms with Gasteiger partial charge in [0.1, 0.15) is 11.6 Å². The van der Waals surface area contributed by atoms with Crippen molar-refractivity contribution in [3.8, 4) is 0 Å². The predicted octanol–water partition coefficient (Wildman–Crippen LogP) is 3.72. The Bertz CT molecular complexity index is 850. The second-order valence-electron chi connectivity index (χ2n) is 5.66. The number of anilines is 1.